The first kappa shape index (κ1) is 17.3. The van der Waals surface area contributed by atoms with E-state index >= 15 is 0 Å². The summed E-state index contributed by atoms with van der Waals surface area (Å²) in [6.45, 7) is 4.61. The number of pyridine rings is 1. The van der Waals surface area contributed by atoms with Gasteiger partial charge >= 0.3 is 0 Å². The molecule has 8 nitrogen and oxygen atoms in total. The van der Waals surface area contributed by atoms with Crippen LogP contribution in [0, 0.1) is 6.92 Å². The highest BCUT2D eigenvalue weighted by Crippen LogP contribution is 2.15. The summed E-state index contributed by atoms with van der Waals surface area (Å²) in [7, 11) is 0. The second kappa shape index (κ2) is 8.02. The van der Waals surface area contributed by atoms with E-state index in [9.17, 15) is 9.59 Å². The monoisotopic (exact) mass is 360 g/mol. The topological polar surface area (TPSA) is 91.3 Å². The molecule has 0 saturated carbocycles. The molecular formula is C16H20N6O2S. The summed E-state index contributed by atoms with van der Waals surface area (Å²) in [5.41, 5.74) is 0. The third kappa shape index (κ3) is 4.72. The number of piperazine rings is 1. The first-order chi connectivity index (χ1) is 12.1. The average Bonchev–Trinajstić information content (AvgIpc) is 3.05. The van der Waals surface area contributed by atoms with E-state index in [4.69, 9.17) is 0 Å². The normalized spacial score (nSPS) is 14.4. The minimum atomic E-state index is -0.211. The van der Waals surface area contributed by atoms with Crippen LogP contribution in [-0.2, 0) is 9.59 Å². The molecule has 132 valence electrons. The second-order valence-corrected chi connectivity index (χ2v) is 6.91. The fourth-order valence-corrected chi connectivity index (χ4v) is 3.24. The summed E-state index contributed by atoms with van der Waals surface area (Å²) in [5, 5.41) is 11.6. The molecule has 0 spiro atoms. The van der Waals surface area contributed by atoms with E-state index in [2.05, 4.69) is 25.4 Å². The molecule has 1 aliphatic rings. The van der Waals surface area contributed by atoms with Crippen LogP contribution in [0.25, 0.3) is 0 Å². The predicted octanol–water partition coefficient (Wildman–Crippen LogP) is 1.31. The number of aryl methyl sites for hydroxylation is 1. The quantitative estimate of drug-likeness (QED) is 0.864. The Kier molecular flexibility index (Phi) is 5.54. The lowest BCUT2D eigenvalue weighted by Crippen LogP contribution is -2.49. The zero-order valence-corrected chi connectivity index (χ0v) is 14.8. The molecule has 3 heterocycles. The number of rotatable bonds is 5. The van der Waals surface area contributed by atoms with E-state index in [0.29, 0.717) is 18.2 Å². The smallest absolute Gasteiger partial charge is 0.226 e. The Balaban J connectivity index is 1.41. The van der Waals surface area contributed by atoms with E-state index in [1.54, 1.807) is 6.20 Å². The van der Waals surface area contributed by atoms with Crippen molar-refractivity contribution in [1.29, 1.82) is 0 Å². The van der Waals surface area contributed by atoms with E-state index in [-0.39, 0.29) is 24.7 Å². The third-order valence-electron chi connectivity index (χ3n) is 3.94. The summed E-state index contributed by atoms with van der Waals surface area (Å²) in [6, 6.07) is 5.81. The molecule has 1 aliphatic heterocycles. The summed E-state index contributed by atoms with van der Waals surface area (Å²) in [5.74, 6) is 0.724. The Morgan fingerprint density at radius 1 is 1.16 bits per heavy atom. The van der Waals surface area contributed by atoms with Crippen LogP contribution in [-0.4, -0.2) is 58.1 Å². The molecule has 0 radical (unpaired) electrons. The van der Waals surface area contributed by atoms with Crippen LogP contribution >= 0.6 is 11.3 Å². The summed E-state index contributed by atoms with van der Waals surface area (Å²) in [6.07, 6.45) is 2.12. The molecule has 2 amide bonds. The van der Waals surface area contributed by atoms with Gasteiger partial charge in [0.2, 0.25) is 16.9 Å². The van der Waals surface area contributed by atoms with Crippen LogP contribution < -0.4 is 10.2 Å². The highest BCUT2D eigenvalue weighted by atomic mass is 32.1. The molecule has 1 fully saturated rings. The van der Waals surface area contributed by atoms with Gasteiger partial charge in [0.15, 0.2) is 0 Å². The molecule has 2 aromatic heterocycles. The van der Waals surface area contributed by atoms with Crippen molar-refractivity contribution in [2.75, 3.05) is 36.4 Å². The van der Waals surface area contributed by atoms with Crippen LogP contribution in [0.15, 0.2) is 24.4 Å². The Labute approximate surface area is 149 Å². The number of aromatic nitrogens is 3. The van der Waals surface area contributed by atoms with Gasteiger partial charge in [0.25, 0.3) is 0 Å². The minimum absolute atomic E-state index is 0.00395. The number of nitrogens with one attached hydrogen (secondary N) is 1. The van der Waals surface area contributed by atoms with Gasteiger partial charge in [-0.2, -0.15) is 0 Å². The van der Waals surface area contributed by atoms with E-state index in [1.165, 1.54) is 11.3 Å². The lowest BCUT2D eigenvalue weighted by Gasteiger charge is -2.35. The number of hydrogen-bond acceptors (Lipinski definition) is 7. The molecule has 0 aliphatic carbocycles. The summed E-state index contributed by atoms with van der Waals surface area (Å²) < 4.78 is 0. The van der Waals surface area contributed by atoms with Crippen molar-refractivity contribution >= 4 is 34.1 Å². The molecule has 1 saturated heterocycles. The minimum Gasteiger partial charge on any atom is -0.353 e. The van der Waals surface area contributed by atoms with Gasteiger partial charge in [-0.15, -0.1) is 10.2 Å². The van der Waals surface area contributed by atoms with E-state index in [1.807, 2.05) is 30.0 Å². The number of amides is 2. The van der Waals surface area contributed by atoms with Crippen LogP contribution in [0.2, 0.25) is 0 Å². The van der Waals surface area contributed by atoms with Crippen molar-refractivity contribution in [2.24, 2.45) is 0 Å². The fraction of sp³-hybridized carbons (Fsp3) is 0.438. The van der Waals surface area contributed by atoms with Crippen molar-refractivity contribution in [3.63, 3.8) is 0 Å². The van der Waals surface area contributed by atoms with Crippen molar-refractivity contribution in [3.8, 4) is 0 Å². The summed E-state index contributed by atoms with van der Waals surface area (Å²) >= 11 is 1.32. The molecule has 9 heteroatoms. The van der Waals surface area contributed by atoms with Gasteiger partial charge in [-0.3, -0.25) is 9.59 Å². The van der Waals surface area contributed by atoms with Crippen molar-refractivity contribution in [1.82, 2.24) is 20.1 Å². The van der Waals surface area contributed by atoms with Gasteiger partial charge < -0.3 is 15.1 Å². The number of nitrogens with zero attached hydrogens (tertiary/aromatic N) is 5. The molecule has 0 unspecified atom stereocenters. The number of hydrogen-bond donors (Lipinski definition) is 1. The molecular weight excluding hydrogens is 340 g/mol. The number of anilines is 2. The van der Waals surface area contributed by atoms with Crippen LogP contribution in [0.4, 0.5) is 10.9 Å². The standard InChI is InChI=1S/C16H20N6O2S/c1-12-19-20-16(25-12)18-14(23)5-6-15(24)22-10-8-21(9-11-22)13-4-2-3-7-17-13/h2-4,7H,5-6,8-11H2,1H3,(H,18,20,23). The molecule has 0 aromatic carbocycles. The largest absolute Gasteiger partial charge is 0.353 e. The third-order valence-corrected chi connectivity index (χ3v) is 4.70. The Hall–Kier alpha value is -2.55. The van der Waals surface area contributed by atoms with Gasteiger partial charge in [0, 0.05) is 45.2 Å². The second-order valence-electron chi connectivity index (χ2n) is 5.73. The van der Waals surface area contributed by atoms with Gasteiger partial charge in [-0.1, -0.05) is 17.4 Å². The maximum Gasteiger partial charge on any atom is 0.226 e. The maximum atomic E-state index is 12.3. The molecule has 0 atom stereocenters. The van der Waals surface area contributed by atoms with Crippen LogP contribution in [0.3, 0.4) is 0 Å². The lowest BCUT2D eigenvalue weighted by molar-refractivity contribution is -0.133. The van der Waals surface area contributed by atoms with Crippen molar-refractivity contribution < 1.29 is 9.59 Å². The zero-order valence-electron chi connectivity index (χ0n) is 14.0. The highest BCUT2D eigenvalue weighted by Gasteiger charge is 2.22. The van der Waals surface area contributed by atoms with Crippen molar-refractivity contribution in [3.05, 3.63) is 29.4 Å². The molecule has 3 rings (SSSR count). The maximum absolute atomic E-state index is 12.3. The fourth-order valence-electron chi connectivity index (χ4n) is 2.63. The van der Waals surface area contributed by atoms with Gasteiger partial charge in [0.1, 0.15) is 10.8 Å². The molecule has 1 N–H and O–H groups in total. The molecule has 25 heavy (non-hydrogen) atoms. The highest BCUT2D eigenvalue weighted by molar-refractivity contribution is 7.15. The van der Waals surface area contributed by atoms with Crippen LogP contribution in [0.1, 0.15) is 17.8 Å². The first-order valence-electron chi connectivity index (χ1n) is 8.15. The van der Waals surface area contributed by atoms with E-state index in [0.717, 1.165) is 23.9 Å². The Bertz CT molecular complexity index is 727. The van der Waals surface area contributed by atoms with E-state index < -0.39 is 0 Å². The van der Waals surface area contributed by atoms with Crippen molar-refractivity contribution in [2.45, 2.75) is 19.8 Å². The number of carbonyl (C=O) groups excluding carboxylic acids is 2. The van der Waals surface area contributed by atoms with Gasteiger partial charge in [-0.25, -0.2) is 4.98 Å². The predicted molar refractivity (Wildman–Crippen MR) is 95.5 cm³/mol. The number of carbonyl (C=O) groups is 2. The Morgan fingerprint density at radius 2 is 1.96 bits per heavy atom. The van der Waals surface area contributed by atoms with Gasteiger partial charge in [0.05, 0.1) is 0 Å². The molecule has 0 bridgehead atoms. The molecule has 2 aromatic rings. The van der Waals surface area contributed by atoms with Crippen LogP contribution in [0.5, 0.6) is 0 Å². The van der Waals surface area contributed by atoms with Gasteiger partial charge in [-0.05, 0) is 19.1 Å². The SMILES string of the molecule is Cc1nnc(NC(=O)CCC(=O)N2CCN(c3ccccn3)CC2)s1. The average molecular weight is 360 g/mol. The zero-order chi connectivity index (χ0) is 17.6. The Morgan fingerprint density at radius 3 is 2.60 bits per heavy atom. The summed E-state index contributed by atoms with van der Waals surface area (Å²) in [4.78, 5) is 32.5. The lowest BCUT2D eigenvalue weighted by atomic mass is 10.2. The first-order valence-corrected chi connectivity index (χ1v) is 8.97.